The number of carbonyl (C=O) groups is 3. The topological polar surface area (TPSA) is 167 Å². The Bertz CT molecular complexity index is 2210. The zero-order chi connectivity index (χ0) is 41.4. The predicted molar refractivity (Wildman–Crippen MR) is 216 cm³/mol. The number of para-hydroxylation sites is 1. The van der Waals surface area contributed by atoms with Gasteiger partial charge in [-0.05, 0) is 93.5 Å². The molecule has 1 saturated heterocycles. The van der Waals surface area contributed by atoms with Gasteiger partial charge in [0.25, 0.3) is 5.91 Å². The number of carbonyl (C=O) groups excluding carboxylic acids is 3. The summed E-state index contributed by atoms with van der Waals surface area (Å²) >= 11 is 0. The van der Waals surface area contributed by atoms with Crippen LogP contribution in [0.4, 0.5) is 0 Å². The molecule has 0 spiro atoms. The highest BCUT2D eigenvalue weighted by Crippen LogP contribution is 2.65. The second-order valence-corrected chi connectivity index (χ2v) is 17.2. The molecule has 8 rings (SSSR count). The van der Waals surface area contributed by atoms with Crippen LogP contribution in [0, 0.1) is 17.3 Å². The van der Waals surface area contributed by atoms with Crippen molar-refractivity contribution >= 4 is 24.9 Å². The van der Waals surface area contributed by atoms with Crippen LogP contribution in [0.2, 0.25) is 0 Å². The first-order chi connectivity index (χ1) is 27.6. The lowest BCUT2D eigenvalue weighted by Gasteiger charge is -2.64. The van der Waals surface area contributed by atoms with Gasteiger partial charge in [0.2, 0.25) is 5.91 Å². The van der Waals surface area contributed by atoms with Crippen molar-refractivity contribution in [1.29, 1.82) is 0 Å². The van der Waals surface area contributed by atoms with Gasteiger partial charge in [-0.2, -0.15) is 0 Å². The number of nitrogens with one attached hydrogen (secondary N) is 3. The molecule has 2 amide bonds. The van der Waals surface area contributed by atoms with Crippen LogP contribution >= 0.6 is 0 Å². The van der Waals surface area contributed by atoms with Gasteiger partial charge in [-0.25, -0.2) is 4.79 Å². The number of benzene rings is 2. The largest absolute Gasteiger partial charge is 0.496 e. The van der Waals surface area contributed by atoms with Gasteiger partial charge in [-0.15, -0.1) is 0 Å². The minimum absolute atomic E-state index is 0.0700. The molecule has 0 radical (unpaired) electrons. The molecule has 3 unspecified atom stereocenters. The fourth-order valence-electron chi connectivity index (χ4n) is 8.73. The summed E-state index contributed by atoms with van der Waals surface area (Å²) in [5, 5.41) is 5.86. The molecule has 2 aromatic heterocycles. The van der Waals surface area contributed by atoms with E-state index in [2.05, 4.69) is 41.4 Å². The number of ether oxygens (including phenoxy) is 3. The molecule has 6 atom stereocenters. The second kappa shape index (κ2) is 16.1. The van der Waals surface area contributed by atoms with E-state index < -0.39 is 53.5 Å². The van der Waals surface area contributed by atoms with E-state index in [1.54, 1.807) is 45.0 Å². The molecular weight excluding hydrogens is 739 g/mol. The van der Waals surface area contributed by atoms with Gasteiger partial charge >= 0.3 is 13.1 Å². The average molecular weight is 791 g/mol. The monoisotopic (exact) mass is 790 g/mol. The molecule has 3 heterocycles. The van der Waals surface area contributed by atoms with Crippen LogP contribution in [0.1, 0.15) is 98.0 Å². The van der Waals surface area contributed by atoms with Crippen LogP contribution in [-0.2, 0) is 31.9 Å². The summed E-state index contributed by atoms with van der Waals surface area (Å²) in [5.74, 6) is -1.31. The number of hydrogen-bond acceptors (Lipinski definition) is 10. The number of amides is 2. The molecule has 4 fully saturated rings. The summed E-state index contributed by atoms with van der Waals surface area (Å²) < 4.78 is 31.1. The van der Waals surface area contributed by atoms with E-state index in [1.165, 1.54) is 31.8 Å². The number of hydrogen-bond donors (Lipinski definition) is 3. The average Bonchev–Trinajstić information content (AvgIpc) is 3.56. The van der Waals surface area contributed by atoms with Crippen LogP contribution in [-0.4, -0.2) is 65.2 Å². The summed E-state index contributed by atoms with van der Waals surface area (Å²) in [4.78, 5) is 61.7. The summed E-state index contributed by atoms with van der Waals surface area (Å²) in [6, 6.07) is 18.0. The summed E-state index contributed by atoms with van der Waals surface area (Å²) in [5.41, 5.74) is 0.0194. The molecule has 2 bridgehead atoms. The Morgan fingerprint density at radius 2 is 1.76 bits per heavy atom. The number of aromatic amines is 1. The highest BCUT2D eigenvalue weighted by molar-refractivity contribution is 6.48. The Hall–Kier alpha value is -5.47. The molecule has 3 saturated carbocycles. The highest BCUT2D eigenvalue weighted by atomic mass is 16.7. The molecule has 3 N–H and O–H groups in total. The van der Waals surface area contributed by atoms with Gasteiger partial charge in [0.1, 0.15) is 34.8 Å². The Morgan fingerprint density at radius 1 is 0.983 bits per heavy atom. The molecule has 4 aromatic rings. The third-order valence-corrected chi connectivity index (χ3v) is 11.9. The van der Waals surface area contributed by atoms with E-state index in [4.69, 9.17) is 23.5 Å². The maximum absolute atomic E-state index is 14.7. The first-order valence-electron chi connectivity index (χ1n) is 19.7. The Balaban J connectivity index is 1.21. The van der Waals surface area contributed by atoms with Crippen molar-refractivity contribution in [1.82, 2.24) is 20.6 Å². The second-order valence-electron chi connectivity index (χ2n) is 17.2. The molecule has 1 aliphatic heterocycles. The van der Waals surface area contributed by atoms with Crippen LogP contribution in [0.25, 0.3) is 0 Å². The van der Waals surface area contributed by atoms with E-state index in [0.29, 0.717) is 29.6 Å². The van der Waals surface area contributed by atoms with Crippen molar-refractivity contribution in [2.45, 2.75) is 96.7 Å². The predicted octanol–water partition coefficient (Wildman–Crippen LogP) is 5.78. The Morgan fingerprint density at radius 3 is 2.43 bits per heavy atom. The summed E-state index contributed by atoms with van der Waals surface area (Å²) in [6.07, 6.45) is 5.95. The molecule has 4 aliphatic rings. The quantitative estimate of drug-likeness (QED) is 0.112. The minimum atomic E-state index is -1.36. The van der Waals surface area contributed by atoms with Gasteiger partial charge in [-0.1, -0.05) is 56.3 Å². The number of H-pyrrole nitrogens is 1. The first-order valence-corrected chi connectivity index (χ1v) is 19.7. The summed E-state index contributed by atoms with van der Waals surface area (Å²) in [7, 11) is 0.572. The summed E-state index contributed by atoms with van der Waals surface area (Å²) in [6.45, 7) is 12.3. The van der Waals surface area contributed by atoms with Crippen LogP contribution in [0.3, 0.4) is 0 Å². The van der Waals surface area contributed by atoms with Gasteiger partial charge in [0, 0.05) is 18.5 Å². The number of esters is 1. The van der Waals surface area contributed by atoms with Crippen molar-refractivity contribution in [3.8, 4) is 11.5 Å². The SMILES string of the molecule is COc1c(CC(NC(=O)C(NC(=O)c2c[nH]ccc2=O)c2ccc(OCc3ccccc3)cn2)B2OC3C[C@@H]4C[C@@H](C4(C)C)[C@]3(C)O2)cccc1C(=O)OC(C)(C)C. The van der Waals surface area contributed by atoms with E-state index in [1.807, 2.05) is 36.4 Å². The molecule has 304 valence electrons. The van der Waals surface area contributed by atoms with Crippen molar-refractivity contribution in [3.05, 3.63) is 123 Å². The van der Waals surface area contributed by atoms with Crippen LogP contribution in [0.15, 0.2) is 90.1 Å². The lowest BCUT2D eigenvalue weighted by molar-refractivity contribution is -0.199. The van der Waals surface area contributed by atoms with E-state index >= 15 is 0 Å². The lowest BCUT2D eigenvalue weighted by Crippen LogP contribution is -2.65. The van der Waals surface area contributed by atoms with Crippen molar-refractivity contribution in [3.63, 3.8) is 0 Å². The van der Waals surface area contributed by atoms with Gasteiger partial charge in [0.15, 0.2) is 11.5 Å². The molecular formula is C44H51BN4O9. The minimum Gasteiger partial charge on any atom is -0.496 e. The Labute approximate surface area is 338 Å². The van der Waals surface area contributed by atoms with E-state index in [0.717, 1.165) is 18.4 Å². The maximum atomic E-state index is 14.7. The molecule has 13 nitrogen and oxygen atoms in total. The lowest BCUT2D eigenvalue weighted by atomic mass is 9.43. The number of aromatic nitrogens is 2. The van der Waals surface area contributed by atoms with E-state index in [-0.39, 0.29) is 40.7 Å². The zero-order valence-corrected chi connectivity index (χ0v) is 34.0. The standard InChI is InChI=1S/C44H51BN4O9/c1-42(2,3)56-41(53)30-15-11-14-27(38(30)54-7)20-36(45-57-35-22-28-21-34(43(28,4)5)44(35,6)58-45)48-40(52)37(49-39(51)31-24-46-19-18-33(31)50)32-17-16-29(23-47-32)55-25-26-12-9-8-10-13-26/h8-19,23-24,28,34-37H,20-22,25H2,1-7H3,(H,46,50)(H,48,52)(H,49,51)/t28-,34-,35?,36?,37?,44-/m0/s1. The molecule has 58 heavy (non-hydrogen) atoms. The van der Waals surface area contributed by atoms with Crippen molar-refractivity contribution in [2.75, 3.05) is 7.11 Å². The number of rotatable bonds is 13. The van der Waals surface area contributed by atoms with Crippen LogP contribution < -0.4 is 25.5 Å². The van der Waals surface area contributed by atoms with Gasteiger partial charge in [0.05, 0.1) is 36.6 Å². The van der Waals surface area contributed by atoms with Gasteiger partial charge in [-0.3, -0.25) is 19.4 Å². The molecule has 3 aliphatic carbocycles. The number of methoxy groups -OCH3 is 1. The molecule has 14 heteroatoms. The third-order valence-electron chi connectivity index (χ3n) is 11.9. The first kappa shape index (κ1) is 40.7. The zero-order valence-electron chi connectivity index (χ0n) is 34.0. The van der Waals surface area contributed by atoms with Crippen LogP contribution in [0.5, 0.6) is 11.5 Å². The van der Waals surface area contributed by atoms with Gasteiger partial charge < -0.3 is 39.1 Å². The number of nitrogens with zero attached hydrogens (tertiary/aromatic N) is 1. The molecule has 2 aromatic carbocycles. The highest BCUT2D eigenvalue weighted by Gasteiger charge is 2.68. The van der Waals surface area contributed by atoms with Crippen molar-refractivity contribution in [2.24, 2.45) is 17.3 Å². The van der Waals surface area contributed by atoms with E-state index in [9.17, 15) is 19.2 Å². The third kappa shape index (κ3) is 8.26. The smallest absolute Gasteiger partial charge is 0.482 e. The number of pyridine rings is 2. The fourth-order valence-corrected chi connectivity index (χ4v) is 8.73. The fraction of sp³-hybridized carbons (Fsp3) is 0.432. The normalized spacial score (nSPS) is 22.7. The Kier molecular flexibility index (Phi) is 11.3. The maximum Gasteiger partial charge on any atom is 0.482 e. The van der Waals surface area contributed by atoms with Crippen molar-refractivity contribution < 1.29 is 37.9 Å².